The van der Waals surface area contributed by atoms with E-state index in [9.17, 15) is 4.79 Å². The van der Waals surface area contributed by atoms with Crippen LogP contribution >= 0.6 is 0 Å². The standard InChI is InChI=1S/C6H14N2O2/c1-6(2,8)4-10-3-5(7)9/h3-4,8H2,1-2H3,(H2,7,9). The lowest BCUT2D eigenvalue weighted by atomic mass is 10.1. The van der Waals surface area contributed by atoms with Crippen LogP contribution in [0.15, 0.2) is 0 Å². The topological polar surface area (TPSA) is 78.3 Å². The fraction of sp³-hybridized carbons (Fsp3) is 0.833. The number of carbonyl (C=O) groups is 1. The molecule has 0 rings (SSSR count). The van der Waals surface area contributed by atoms with E-state index in [0.717, 1.165) is 0 Å². The van der Waals surface area contributed by atoms with Gasteiger partial charge in [0.1, 0.15) is 6.61 Å². The van der Waals surface area contributed by atoms with Crippen molar-refractivity contribution in [2.45, 2.75) is 19.4 Å². The van der Waals surface area contributed by atoms with Gasteiger partial charge in [0.05, 0.1) is 6.61 Å². The fourth-order valence-corrected chi connectivity index (χ4v) is 0.415. The van der Waals surface area contributed by atoms with Crippen LogP contribution in [0.4, 0.5) is 0 Å². The summed E-state index contributed by atoms with van der Waals surface area (Å²) in [7, 11) is 0. The minimum atomic E-state index is -0.468. The van der Waals surface area contributed by atoms with E-state index in [1.807, 2.05) is 13.8 Å². The molecule has 0 saturated carbocycles. The second kappa shape index (κ2) is 3.53. The lowest BCUT2D eigenvalue weighted by molar-refractivity contribution is -0.122. The third-order valence-corrected chi connectivity index (χ3v) is 0.718. The summed E-state index contributed by atoms with van der Waals surface area (Å²) in [6, 6.07) is 0. The van der Waals surface area contributed by atoms with Crippen molar-refractivity contribution in [3.8, 4) is 0 Å². The van der Waals surface area contributed by atoms with E-state index in [1.54, 1.807) is 0 Å². The Hall–Kier alpha value is -0.610. The molecule has 0 radical (unpaired) electrons. The number of ether oxygens (including phenoxy) is 1. The van der Waals surface area contributed by atoms with Crippen LogP contribution in [0.2, 0.25) is 0 Å². The van der Waals surface area contributed by atoms with E-state index in [1.165, 1.54) is 0 Å². The van der Waals surface area contributed by atoms with Gasteiger partial charge in [-0.2, -0.15) is 0 Å². The van der Waals surface area contributed by atoms with Gasteiger partial charge >= 0.3 is 0 Å². The summed E-state index contributed by atoms with van der Waals surface area (Å²) in [4.78, 5) is 10.1. The quantitative estimate of drug-likeness (QED) is 0.546. The zero-order valence-electron chi connectivity index (χ0n) is 6.39. The van der Waals surface area contributed by atoms with E-state index < -0.39 is 11.4 Å². The number of rotatable bonds is 4. The molecule has 1 amide bonds. The minimum Gasteiger partial charge on any atom is -0.370 e. The molecule has 0 aliphatic heterocycles. The van der Waals surface area contributed by atoms with Crippen LogP contribution in [-0.2, 0) is 9.53 Å². The molecule has 0 saturated heterocycles. The van der Waals surface area contributed by atoms with E-state index in [0.29, 0.717) is 6.61 Å². The molecule has 0 bridgehead atoms. The summed E-state index contributed by atoms with van der Waals surface area (Å²) in [5, 5.41) is 0. The van der Waals surface area contributed by atoms with Crippen molar-refractivity contribution in [3.05, 3.63) is 0 Å². The number of primary amides is 1. The molecule has 0 aromatic rings. The molecule has 0 unspecified atom stereocenters. The second-order valence-electron chi connectivity index (χ2n) is 2.95. The first kappa shape index (κ1) is 9.39. The molecule has 0 aromatic carbocycles. The van der Waals surface area contributed by atoms with Crippen molar-refractivity contribution in [3.63, 3.8) is 0 Å². The molecule has 0 aliphatic carbocycles. The average Bonchev–Trinajstić information content (AvgIpc) is 1.59. The highest BCUT2D eigenvalue weighted by molar-refractivity contribution is 5.74. The van der Waals surface area contributed by atoms with Gasteiger partial charge in [0.2, 0.25) is 5.91 Å². The molecule has 10 heavy (non-hydrogen) atoms. The van der Waals surface area contributed by atoms with Gasteiger partial charge in [0.15, 0.2) is 0 Å². The first-order valence-electron chi connectivity index (χ1n) is 3.07. The normalized spacial score (nSPS) is 11.5. The Morgan fingerprint density at radius 1 is 1.60 bits per heavy atom. The van der Waals surface area contributed by atoms with Gasteiger partial charge in [-0.15, -0.1) is 0 Å². The molecule has 60 valence electrons. The number of carbonyl (C=O) groups excluding carboxylic acids is 1. The highest BCUT2D eigenvalue weighted by Gasteiger charge is 2.10. The number of nitrogens with two attached hydrogens (primary N) is 2. The largest absolute Gasteiger partial charge is 0.370 e. The van der Waals surface area contributed by atoms with Crippen LogP contribution in [0.5, 0.6) is 0 Å². The van der Waals surface area contributed by atoms with Crippen molar-refractivity contribution in [1.82, 2.24) is 0 Å². The predicted octanol–water partition coefficient (Wildman–Crippen LogP) is -0.774. The smallest absolute Gasteiger partial charge is 0.243 e. The first-order valence-corrected chi connectivity index (χ1v) is 3.07. The van der Waals surface area contributed by atoms with Gasteiger partial charge in [-0.1, -0.05) is 0 Å². The van der Waals surface area contributed by atoms with Gasteiger partial charge in [0, 0.05) is 5.54 Å². The van der Waals surface area contributed by atoms with Gasteiger partial charge in [-0.05, 0) is 13.8 Å². The van der Waals surface area contributed by atoms with Crippen LogP contribution in [0.1, 0.15) is 13.8 Å². The highest BCUT2D eigenvalue weighted by atomic mass is 16.5. The third kappa shape index (κ3) is 7.39. The van der Waals surface area contributed by atoms with E-state index >= 15 is 0 Å². The first-order chi connectivity index (χ1) is 4.42. The zero-order chi connectivity index (χ0) is 8.20. The van der Waals surface area contributed by atoms with E-state index in [-0.39, 0.29) is 6.61 Å². The number of hydrogen-bond donors (Lipinski definition) is 2. The lowest BCUT2D eigenvalue weighted by Crippen LogP contribution is -2.38. The van der Waals surface area contributed by atoms with E-state index in [4.69, 9.17) is 16.2 Å². The maximum atomic E-state index is 10.1. The average molecular weight is 146 g/mol. The lowest BCUT2D eigenvalue weighted by Gasteiger charge is -2.17. The second-order valence-corrected chi connectivity index (χ2v) is 2.95. The van der Waals surface area contributed by atoms with Crippen molar-refractivity contribution in [1.29, 1.82) is 0 Å². The summed E-state index contributed by atoms with van der Waals surface area (Å²) < 4.78 is 4.86. The fourth-order valence-electron chi connectivity index (χ4n) is 0.415. The SMILES string of the molecule is CC(C)(N)COCC(N)=O. The molecular formula is C6H14N2O2. The molecule has 4 nitrogen and oxygen atoms in total. The summed E-state index contributed by atoms with van der Waals surface area (Å²) in [5.74, 6) is -0.468. The molecular weight excluding hydrogens is 132 g/mol. The van der Waals surface area contributed by atoms with Crippen molar-refractivity contribution in [2.24, 2.45) is 11.5 Å². The monoisotopic (exact) mass is 146 g/mol. The Bertz CT molecular complexity index is 117. The third-order valence-electron chi connectivity index (χ3n) is 0.718. The minimum absolute atomic E-state index is 0.0549. The Kier molecular flexibility index (Phi) is 3.32. The van der Waals surface area contributed by atoms with Crippen LogP contribution < -0.4 is 11.5 Å². The van der Waals surface area contributed by atoms with Crippen LogP contribution in [0.25, 0.3) is 0 Å². The Balaban J connectivity index is 3.29. The maximum Gasteiger partial charge on any atom is 0.243 e. The van der Waals surface area contributed by atoms with Crippen LogP contribution in [-0.4, -0.2) is 24.7 Å². The maximum absolute atomic E-state index is 10.1. The van der Waals surface area contributed by atoms with Crippen molar-refractivity contribution >= 4 is 5.91 Å². The Morgan fingerprint density at radius 2 is 2.10 bits per heavy atom. The van der Waals surface area contributed by atoms with Gasteiger partial charge in [-0.25, -0.2) is 0 Å². The van der Waals surface area contributed by atoms with Gasteiger partial charge in [-0.3, -0.25) is 4.79 Å². The van der Waals surface area contributed by atoms with Crippen molar-refractivity contribution in [2.75, 3.05) is 13.2 Å². The zero-order valence-corrected chi connectivity index (χ0v) is 6.39. The summed E-state index contributed by atoms with van der Waals surface area (Å²) in [6.07, 6.45) is 0. The molecule has 0 heterocycles. The summed E-state index contributed by atoms with van der Waals surface area (Å²) >= 11 is 0. The number of amides is 1. The summed E-state index contributed by atoms with van der Waals surface area (Å²) in [6.45, 7) is 3.92. The van der Waals surface area contributed by atoms with E-state index in [2.05, 4.69) is 0 Å². The van der Waals surface area contributed by atoms with Crippen molar-refractivity contribution < 1.29 is 9.53 Å². The Labute approximate surface area is 60.5 Å². The molecule has 0 atom stereocenters. The predicted molar refractivity (Wildman–Crippen MR) is 38.3 cm³/mol. The molecule has 4 heteroatoms. The molecule has 0 aromatic heterocycles. The van der Waals surface area contributed by atoms with Gasteiger partial charge in [0.25, 0.3) is 0 Å². The molecule has 0 aliphatic rings. The molecule has 0 fully saturated rings. The van der Waals surface area contributed by atoms with Crippen LogP contribution in [0, 0.1) is 0 Å². The van der Waals surface area contributed by atoms with Gasteiger partial charge < -0.3 is 16.2 Å². The Morgan fingerprint density at radius 3 is 2.40 bits per heavy atom. The molecule has 4 N–H and O–H groups in total. The van der Waals surface area contributed by atoms with Crippen LogP contribution in [0.3, 0.4) is 0 Å². The highest BCUT2D eigenvalue weighted by Crippen LogP contribution is 1.95. The number of hydrogen-bond acceptors (Lipinski definition) is 3. The summed E-state index contributed by atoms with van der Waals surface area (Å²) in [5.41, 5.74) is 9.97. The molecule has 0 spiro atoms.